The maximum atomic E-state index is 12.7. The zero-order valence-electron chi connectivity index (χ0n) is 21.1. The van der Waals surface area contributed by atoms with Crippen LogP contribution in [-0.2, 0) is 35.0 Å². The Labute approximate surface area is 219 Å². The first-order chi connectivity index (χ1) is 18.1. The van der Waals surface area contributed by atoms with Crippen molar-refractivity contribution in [2.75, 3.05) is 20.3 Å². The number of allylic oxidation sites excluding steroid dienone is 1. The Morgan fingerprint density at radius 2 is 1.84 bits per heavy atom. The molecule has 0 amide bonds. The Morgan fingerprint density at radius 1 is 1.11 bits per heavy atom. The molecule has 0 unspecified atom stereocenters. The summed E-state index contributed by atoms with van der Waals surface area (Å²) < 4.78 is 21.6. The van der Waals surface area contributed by atoms with Crippen LogP contribution in [-0.4, -0.2) is 99.7 Å². The number of esters is 2. The van der Waals surface area contributed by atoms with Crippen LogP contribution in [0.3, 0.4) is 0 Å². The SMILES string of the molecule is CC=C1[C@H](CC(=O)OCCc2ccc(O)c(O)c2)C(C(=O)OC)=CC[C@@H]1O[C@H]1O[C@H](CO)[C@@H](O)[C@H](O)[C@H]1O. The standard InChI is InChI=1S/C26H34O12/c1-3-14-16(11-21(30)36-9-8-13-4-6-17(28)18(29)10-13)15(25(34)35-2)5-7-19(14)37-26-24(33)23(32)22(31)20(12-27)38-26/h3-6,10,16,19-20,22-24,26-29,31-33H,7-9,11-12H2,1-2H3/t16-,19-,20+,22+,23-,24+,26-/m0/s1. The molecule has 0 radical (unpaired) electrons. The van der Waals surface area contributed by atoms with Gasteiger partial charge in [-0.3, -0.25) is 4.79 Å². The Hall–Kier alpha value is -3.00. The van der Waals surface area contributed by atoms with Crippen LogP contribution in [0.15, 0.2) is 41.5 Å². The van der Waals surface area contributed by atoms with Crippen molar-refractivity contribution in [3.05, 3.63) is 47.1 Å². The molecule has 0 spiro atoms. The van der Waals surface area contributed by atoms with E-state index in [4.69, 9.17) is 18.9 Å². The van der Waals surface area contributed by atoms with Crippen LogP contribution >= 0.6 is 0 Å². The van der Waals surface area contributed by atoms with Crippen LogP contribution in [0.25, 0.3) is 0 Å². The smallest absolute Gasteiger partial charge is 0.334 e. The normalized spacial score (nSPS) is 30.5. The molecule has 0 saturated carbocycles. The molecule has 1 aromatic rings. The maximum absolute atomic E-state index is 12.7. The number of hydrogen-bond donors (Lipinski definition) is 6. The summed E-state index contributed by atoms with van der Waals surface area (Å²) in [4.78, 5) is 25.2. The van der Waals surface area contributed by atoms with Gasteiger partial charge in [0.2, 0.25) is 0 Å². The van der Waals surface area contributed by atoms with Gasteiger partial charge in [0.25, 0.3) is 0 Å². The monoisotopic (exact) mass is 538 g/mol. The Kier molecular flexibility index (Phi) is 10.3. The van der Waals surface area contributed by atoms with Crippen molar-refractivity contribution in [1.82, 2.24) is 0 Å². The zero-order valence-corrected chi connectivity index (χ0v) is 21.1. The van der Waals surface area contributed by atoms with Crippen molar-refractivity contribution < 1.29 is 59.2 Å². The number of aliphatic hydroxyl groups excluding tert-OH is 4. The molecule has 1 aromatic carbocycles. The van der Waals surface area contributed by atoms with Gasteiger partial charge in [0.1, 0.15) is 24.4 Å². The molecule has 1 aliphatic heterocycles. The topological polar surface area (TPSA) is 192 Å². The average molecular weight is 539 g/mol. The largest absolute Gasteiger partial charge is 0.504 e. The molecular weight excluding hydrogens is 504 g/mol. The molecule has 38 heavy (non-hydrogen) atoms. The molecular formula is C26H34O12. The first-order valence-corrected chi connectivity index (χ1v) is 12.2. The van der Waals surface area contributed by atoms with Gasteiger partial charge in [-0.2, -0.15) is 0 Å². The average Bonchev–Trinajstić information content (AvgIpc) is 2.90. The fraction of sp³-hybridized carbons (Fsp3) is 0.538. The Morgan fingerprint density at radius 3 is 2.47 bits per heavy atom. The lowest BCUT2D eigenvalue weighted by molar-refractivity contribution is -0.308. The summed E-state index contributed by atoms with van der Waals surface area (Å²) in [6.45, 7) is 1.06. The van der Waals surface area contributed by atoms with E-state index in [1.165, 1.54) is 19.2 Å². The Balaban J connectivity index is 1.71. The van der Waals surface area contributed by atoms with E-state index in [0.29, 0.717) is 11.1 Å². The third kappa shape index (κ3) is 6.70. The summed E-state index contributed by atoms with van der Waals surface area (Å²) in [6, 6.07) is 4.28. The van der Waals surface area contributed by atoms with Crippen LogP contribution in [0, 0.1) is 5.92 Å². The van der Waals surface area contributed by atoms with E-state index >= 15 is 0 Å². The lowest BCUT2D eigenvalue weighted by Gasteiger charge is -2.42. The van der Waals surface area contributed by atoms with Crippen molar-refractivity contribution in [3.8, 4) is 11.5 Å². The molecule has 3 rings (SSSR count). The second kappa shape index (κ2) is 13.2. The van der Waals surface area contributed by atoms with E-state index in [2.05, 4.69) is 0 Å². The van der Waals surface area contributed by atoms with Crippen molar-refractivity contribution in [2.45, 2.75) is 63.0 Å². The summed E-state index contributed by atoms with van der Waals surface area (Å²) in [5.41, 5.74) is 1.39. The highest BCUT2D eigenvalue weighted by atomic mass is 16.7. The van der Waals surface area contributed by atoms with Gasteiger partial charge in [-0.15, -0.1) is 0 Å². The fourth-order valence-electron chi connectivity index (χ4n) is 4.58. The third-order valence-electron chi connectivity index (χ3n) is 6.67. The molecule has 1 aliphatic carbocycles. The summed E-state index contributed by atoms with van der Waals surface area (Å²) in [5.74, 6) is -2.56. The number of phenols is 2. The van der Waals surface area contributed by atoms with E-state index in [0.717, 1.165) is 0 Å². The third-order valence-corrected chi connectivity index (χ3v) is 6.67. The van der Waals surface area contributed by atoms with Gasteiger partial charge >= 0.3 is 11.9 Å². The van der Waals surface area contributed by atoms with Crippen LogP contribution in [0.5, 0.6) is 11.5 Å². The number of phenolic OH excluding ortho intramolecular Hbond substituents is 2. The molecule has 1 saturated heterocycles. The summed E-state index contributed by atoms with van der Waals surface area (Å²) in [6.07, 6.45) is -4.65. The minimum absolute atomic E-state index is 0.0109. The second-order valence-corrected chi connectivity index (χ2v) is 9.05. The van der Waals surface area contributed by atoms with E-state index in [1.54, 1.807) is 25.1 Å². The fourth-order valence-corrected chi connectivity index (χ4v) is 4.58. The van der Waals surface area contributed by atoms with Gasteiger partial charge in [0.15, 0.2) is 17.8 Å². The molecule has 210 valence electrons. The van der Waals surface area contributed by atoms with Gasteiger partial charge in [0, 0.05) is 17.9 Å². The van der Waals surface area contributed by atoms with Crippen LogP contribution < -0.4 is 0 Å². The van der Waals surface area contributed by atoms with Crippen molar-refractivity contribution in [2.24, 2.45) is 5.92 Å². The van der Waals surface area contributed by atoms with E-state index in [-0.39, 0.29) is 42.9 Å². The minimum atomic E-state index is -1.62. The zero-order chi connectivity index (χ0) is 28.0. The number of benzene rings is 1. The Bertz CT molecular complexity index is 1050. The highest BCUT2D eigenvalue weighted by Gasteiger charge is 2.46. The number of methoxy groups -OCH3 is 1. The summed E-state index contributed by atoms with van der Waals surface area (Å²) >= 11 is 0. The quantitative estimate of drug-likeness (QED) is 0.138. The van der Waals surface area contributed by atoms with Crippen molar-refractivity contribution >= 4 is 11.9 Å². The van der Waals surface area contributed by atoms with E-state index < -0.39 is 61.3 Å². The lowest BCUT2D eigenvalue weighted by atomic mass is 9.79. The minimum Gasteiger partial charge on any atom is -0.504 e. The first kappa shape index (κ1) is 29.6. The highest BCUT2D eigenvalue weighted by Crippen LogP contribution is 2.37. The molecule has 0 aromatic heterocycles. The van der Waals surface area contributed by atoms with E-state index in [1.807, 2.05) is 0 Å². The predicted molar refractivity (Wildman–Crippen MR) is 130 cm³/mol. The number of aromatic hydroxyl groups is 2. The number of ether oxygens (including phenoxy) is 4. The number of carbonyl (C=O) groups is 2. The molecule has 7 atom stereocenters. The van der Waals surface area contributed by atoms with Gasteiger partial charge < -0.3 is 49.6 Å². The van der Waals surface area contributed by atoms with Gasteiger partial charge in [-0.1, -0.05) is 18.2 Å². The van der Waals surface area contributed by atoms with Crippen LogP contribution in [0.2, 0.25) is 0 Å². The molecule has 1 heterocycles. The van der Waals surface area contributed by atoms with Crippen LogP contribution in [0.1, 0.15) is 25.3 Å². The number of rotatable bonds is 9. The summed E-state index contributed by atoms with van der Waals surface area (Å²) in [7, 11) is 1.22. The first-order valence-electron chi connectivity index (χ1n) is 12.2. The summed E-state index contributed by atoms with van der Waals surface area (Å²) in [5, 5.41) is 58.9. The van der Waals surface area contributed by atoms with E-state index in [9.17, 15) is 40.2 Å². The lowest BCUT2D eigenvalue weighted by Crippen LogP contribution is -2.59. The number of hydrogen-bond acceptors (Lipinski definition) is 12. The second-order valence-electron chi connectivity index (χ2n) is 9.05. The molecule has 12 nitrogen and oxygen atoms in total. The van der Waals surface area contributed by atoms with Crippen LogP contribution in [0.4, 0.5) is 0 Å². The molecule has 2 aliphatic rings. The van der Waals surface area contributed by atoms with Gasteiger partial charge in [0.05, 0.1) is 32.8 Å². The predicted octanol–water partition coefficient (Wildman–Crippen LogP) is -0.176. The van der Waals surface area contributed by atoms with Crippen molar-refractivity contribution in [1.29, 1.82) is 0 Å². The van der Waals surface area contributed by atoms with Crippen molar-refractivity contribution in [3.63, 3.8) is 0 Å². The van der Waals surface area contributed by atoms with Gasteiger partial charge in [-0.25, -0.2) is 4.79 Å². The maximum Gasteiger partial charge on any atom is 0.334 e. The molecule has 1 fully saturated rings. The molecule has 12 heteroatoms. The number of carbonyl (C=O) groups excluding carboxylic acids is 2. The molecule has 6 N–H and O–H groups in total. The molecule has 0 bridgehead atoms. The number of aliphatic hydroxyl groups is 4. The highest BCUT2D eigenvalue weighted by molar-refractivity contribution is 5.91. The van der Waals surface area contributed by atoms with Gasteiger partial charge in [-0.05, 0) is 36.6 Å².